The second kappa shape index (κ2) is 9.62. The lowest BCUT2D eigenvalue weighted by Crippen LogP contribution is -2.34. The number of fused-ring (bicyclic) bond motifs is 1. The largest absolute Gasteiger partial charge is 0.494 e. The molecule has 0 spiro atoms. The molecule has 2 heterocycles. The van der Waals surface area contributed by atoms with Crippen LogP contribution >= 0.6 is 11.3 Å². The van der Waals surface area contributed by atoms with Crippen LogP contribution in [0.15, 0.2) is 59.0 Å². The summed E-state index contributed by atoms with van der Waals surface area (Å²) in [7, 11) is 4.17. The van der Waals surface area contributed by atoms with Crippen LogP contribution in [0, 0.1) is 0 Å². The first-order chi connectivity index (χ1) is 15.0. The quantitative estimate of drug-likeness (QED) is 0.441. The van der Waals surface area contributed by atoms with Crippen LogP contribution in [0.1, 0.15) is 37.4 Å². The summed E-state index contributed by atoms with van der Waals surface area (Å²) in [6, 6.07) is 15.1. The van der Waals surface area contributed by atoms with E-state index in [9.17, 15) is 0 Å². The van der Waals surface area contributed by atoms with Gasteiger partial charge < -0.3 is 14.5 Å². The van der Waals surface area contributed by atoms with Crippen molar-refractivity contribution in [2.24, 2.45) is 4.99 Å². The maximum Gasteiger partial charge on any atom is 0.119 e. The fraction of sp³-hybridized carbons (Fsp3) is 0.360. The van der Waals surface area contributed by atoms with E-state index in [1.807, 2.05) is 17.8 Å². The van der Waals surface area contributed by atoms with E-state index < -0.39 is 0 Å². The maximum absolute atomic E-state index is 6.02. The lowest BCUT2D eigenvalue weighted by molar-refractivity contribution is 0.250. The third kappa shape index (κ3) is 4.97. The third-order valence-electron chi connectivity index (χ3n) is 5.62. The predicted molar refractivity (Wildman–Crippen MR) is 131 cm³/mol. The first-order valence-electron chi connectivity index (χ1n) is 10.8. The average Bonchev–Trinajstić information content (AvgIpc) is 3.24. The summed E-state index contributed by atoms with van der Waals surface area (Å²) in [5.74, 6) is 0.924. The molecule has 2 unspecified atom stereocenters. The van der Waals surface area contributed by atoms with Crippen molar-refractivity contribution in [1.82, 2.24) is 14.8 Å². The first-order valence-corrected chi connectivity index (χ1v) is 11.6. The van der Waals surface area contributed by atoms with Gasteiger partial charge in [-0.2, -0.15) is 0 Å². The summed E-state index contributed by atoms with van der Waals surface area (Å²) in [5, 5.41) is 0. The zero-order chi connectivity index (χ0) is 21.8. The molecule has 1 aliphatic rings. The number of ether oxygens (including phenoxy) is 1. The van der Waals surface area contributed by atoms with Gasteiger partial charge in [-0.3, -0.25) is 4.99 Å². The summed E-state index contributed by atoms with van der Waals surface area (Å²) in [5.41, 5.74) is 6.54. The summed E-state index contributed by atoms with van der Waals surface area (Å²) in [6.45, 7) is 6.13. The summed E-state index contributed by atoms with van der Waals surface area (Å²) < 4.78 is 7.22. The Balaban J connectivity index is 1.55. The van der Waals surface area contributed by atoms with Gasteiger partial charge in [0.1, 0.15) is 11.9 Å². The normalized spacial score (nSPS) is 17.3. The van der Waals surface area contributed by atoms with Crippen LogP contribution in [0.25, 0.3) is 15.9 Å². The standard InChI is InChI=1S/C25H30N4OS/c1-18(20-7-5-8-22(15-20)30-14-6-13-28(3)4)29-19(2)26-12-11-24(29)21-9-10-23-25(16-21)31-17-27-23/h5,7-12,15-19H,6,13-14H2,1-4H3. The highest BCUT2D eigenvalue weighted by Crippen LogP contribution is 2.36. The summed E-state index contributed by atoms with van der Waals surface area (Å²) >= 11 is 1.68. The first kappa shape index (κ1) is 21.5. The van der Waals surface area contributed by atoms with Crippen molar-refractivity contribution in [2.45, 2.75) is 32.5 Å². The van der Waals surface area contributed by atoms with Crippen molar-refractivity contribution < 1.29 is 4.74 Å². The Hall–Kier alpha value is -2.70. The van der Waals surface area contributed by atoms with E-state index in [4.69, 9.17) is 4.74 Å². The summed E-state index contributed by atoms with van der Waals surface area (Å²) in [6.07, 6.45) is 5.10. The van der Waals surface area contributed by atoms with Crippen molar-refractivity contribution in [3.05, 3.63) is 65.2 Å². The van der Waals surface area contributed by atoms with Crippen molar-refractivity contribution >= 4 is 33.5 Å². The molecule has 0 amide bonds. The number of hydrogen-bond acceptors (Lipinski definition) is 6. The van der Waals surface area contributed by atoms with Crippen molar-refractivity contribution in [3.8, 4) is 5.75 Å². The Morgan fingerprint density at radius 2 is 2.06 bits per heavy atom. The third-order valence-corrected chi connectivity index (χ3v) is 6.41. The Labute approximate surface area is 188 Å². The molecular formula is C25H30N4OS. The van der Waals surface area contributed by atoms with Crippen LogP contribution in [-0.2, 0) is 0 Å². The molecule has 3 aromatic rings. The zero-order valence-electron chi connectivity index (χ0n) is 18.7. The molecule has 5 nitrogen and oxygen atoms in total. The molecule has 1 aromatic heterocycles. The smallest absolute Gasteiger partial charge is 0.119 e. The van der Waals surface area contributed by atoms with Crippen LogP contribution in [0.2, 0.25) is 0 Å². The fourth-order valence-electron chi connectivity index (χ4n) is 3.98. The van der Waals surface area contributed by atoms with Gasteiger partial charge in [0.25, 0.3) is 0 Å². The Morgan fingerprint density at radius 3 is 2.90 bits per heavy atom. The number of aliphatic imine (C=N–C) groups is 1. The minimum atomic E-state index is 0.0526. The topological polar surface area (TPSA) is 41.0 Å². The lowest BCUT2D eigenvalue weighted by Gasteiger charge is -2.38. The van der Waals surface area contributed by atoms with Gasteiger partial charge in [0, 0.05) is 18.5 Å². The molecule has 0 fully saturated rings. The van der Waals surface area contributed by atoms with Crippen LogP contribution in [-0.4, -0.2) is 54.4 Å². The van der Waals surface area contributed by atoms with E-state index in [2.05, 4.69) is 90.2 Å². The molecule has 1 aliphatic heterocycles. The molecule has 2 aromatic carbocycles. The monoisotopic (exact) mass is 434 g/mol. The number of hydrogen-bond donors (Lipinski definition) is 0. The lowest BCUT2D eigenvalue weighted by atomic mass is 10.0. The Kier molecular flexibility index (Phi) is 6.68. The number of nitrogens with zero attached hydrogens (tertiary/aromatic N) is 4. The second-order valence-corrected chi connectivity index (χ2v) is 9.06. The maximum atomic E-state index is 6.02. The van der Waals surface area contributed by atoms with Crippen LogP contribution in [0.5, 0.6) is 5.75 Å². The second-order valence-electron chi connectivity index (χ2n) is 8.18. The molecule has 0 saturated heterocycles. The van der Waals surface area contributed by atoms with E-state index in [0.29, 0.717) is 0 Å². The Bertz CT molecular complexity index is 1090. The highest BCUT2D eigenvalue weighted by molar-refractivity contribution is 7.16. The van der Waals surface area contributed by atoms with E-state index in [0.717, 1.165) is 30.8 Å². The highest BCUT2D eigenvalue weighted by atomic mass is 32.1. The molecule has 0 saturated carbocycles. The van der Waals surface area contributed by atoms with Crippen molar-refractivity contribution in [1.29, 1.82) is 0 Å². The molecule has 2 atom stereocenters. The van der Waals surface area contributed by atoms with Gasteiger partial charge in [-0.05, 0) is 75.8 Å². The Morgan fingerprint density at radius 1 is 1.19 bits per heavy atom. The molecule has 6 heteroatoms. The minimum Gasteiger partial charge on any atom is -0.494 e. The molecule has 0 bridgehead atoms. The van der Waals surface area contributed by atoms with Crippen LogP contribution in [0.3, 0.4) is 0 Å². The van der Waals surface area contributed by atoms with Gasteiger partial charge >= 0.3 is 0 Å². The minimum absolute atomic E-state index is 0.0526. The van der Waals surface area contributed by atoms with E-state index in [-0.39, 0.29) is 12.2 Å². The SMILES string of the molecule is CC1N=CC=C(c2ccc3ncsc3c2)N1C(C)c1cccc(OCCCN(C)C)c1. The van der Waals surface area contributed by atoms with Gasteiger partial charge in [-0.25, -0.2) is 4.98 Å². The molecule has 0 N–H and O–H groups in total. The molecule has 31 heavy (non-hydrogen) atoms. The molecular weight excluding hydrogens is 404 g/mol. The highest BCUT2D eigenvalue weighted by Gasteiger charge is 2.26. The van der Waals surface area contributed by atoms with Gasteiger partial charge in [0.05, 0.1) is 28.4 Å². The number of thiazole rings is 1. The molecule has 0 aliphatic carbocycles. The van der Waals surface area contributed by atoms with Gasteiger partial charge in [-0.1, -0.05) is 18.2 Å². The van der Waals surface area contributed by atoms with E-state index in [1.165, 1.54) is 21.5 Å². The summed E-state index contributed by atoms with van der Waals surface area (Å²) in [4.78, 5) is 13.6. The van der Waals surface area contributed by atoms with Crippen LogP contribution < -0.4 is 4.74 Å². The van der Waals surface area contributed by atoms with Gasteiger partial charge in [-0.15, -0.1) is 11.3 Å². The van der Waals surface area contributed by atoms with Crippen LogP contribution in [0.4, 0.5) is 0 Å². The van der Waals surface area contributed by atoms with E-state index in [1.54, 1.807) is 11.3 Å². The fourth-order valence-corrected chi connectivity index (χ4v) is 4.70. The van der Waals surface area contributed by atoms with Gasteiger partial charge in [0.2, 0.25) is 0 Å². The molecule has 162 valence electrons. The predicted octanol–water partition coefficient (Wildman–Crippen LogP) is 5.46. The molecule has 4 rings (SSSR count). The number of allylic oxidation sites excluding steroid dienone is 1. The number of rotatable bonds is 8. The average molecular weight is 435 g/mol. The zero-order valence-corrected chi connectivity index (χ0v) is 19.5. The van der Waals surface area contributed by atoms with Crippen molar-refractivity contribution in [3.63, 3.8) is 0 Å². The van der Waals surface area contributed by atoms with E-state index >= 15 is 0 Å². The van der Waals surface area contributed by atoms with Gasteiger partial charge in [0.15, 0.2) is 0 Å². The number of benzene rings is 2. The van der Waals surface area contributed by atoms with Crippen molar-refractivity contribution in [2.75, 3.05) is 27.2 Å². The number of aromatic nitrogens is 1. The molecule has 0 radical (unpaired) electrons.